The molecular weight excluding hydrogens is 354 g/mol. The molecule has 8 nitrogen and oxygen atoms in total. The van der Waals surface area contributed by atoms with Crippen molar-refractivity contribution in [3.63, 3.8) is 0 Å². The molecule has 2 amide bonds. The van der Waals surface area contributed by atoms with E-state index in [0.717, 1.165) is 0 Å². The van der Waals surface area contributed by atoms with Gasteiger partial charge in [-0.15, -0.1) is 10.2 Å². The predicted molar refractivity (Wildman–Crippen MR) is 90.0 cm³/mol. The lowest BCUT2D eigenvalue weighted by Crippen LogP contribution is -2.42. The molecule has 0 saturated heterocycles. The molecule has 2 N–H and O–H groups in total. The first kappa shape index (κ1) is 18.1. The molecule has 0 fully saturated rings. The van der Waals surface area contributed by atoms with Crippen LogP contribution in [0.4, 0.5) is 0 Å². The zero-order valence-corrected chi connectivity index (χ0v) is 14.6. The first-order valence-corrected chi connectivity index (χ1v) is 8.34. The quantitative estimate of drug-likeness (QED) is 0.591. The van der Waals surface area contributed by atoms with Crippen LogP contribution >= 0.6 is 23.4 Å². The summed E-state index contributed by atoms with van der Waals surface area (Å²) in [6.45, 7) is 2.66. The van der Waals surface area contributed by atoms with E-state index < -0.39 is 5.91 Å². The highest BCUT2D eigenvalue weighted by Crippen LogP contribution is 2.22. The summed E-state index contributed by atoms with van der Waals surface area (Å²) in [7, 11) is 1.44. The van der Waals surface area contributed by atoms with Crippen LogP contribution in [0.5, 0.6) is 5.75 Å². The van der Waals surface area contributed by atoms with Gasteiger partial charge in [0, 0.05) is 11.6 Å². The molecule has 0 unspecified atom stereocenters. The molecule has 2 rings (SSSR count). The average Bonchev–Trinajstić information content (AvgIpc) is 3.05. The number of ether oxygens (including phenoxy) is 1. The van der Waals surface area contributed by atoms with Crippen molar-refractivity contribution in [2.75, 3.05) is 12.9 Å². The molecule has 2 aromatic rings. The van der Waals surface area contributed by atoms with E-state index in [9.17, 15) is 9.59 Å². The Balaban J connectivity index is 1.87. The standard InChI is InChI=1S/C14H16ClN5O3S/c1-3-20-8-16-19-14(20)24-7-12(21)17-18-13(22)10-6-9(15)4-5-11(10)23-2/h4-6,8H,3,7H2,1-2H3,(H,17,21)(H,18,22). The summed E-state index contributed by atoms with van der Waals surface area (Å²) in [6, 6.07) is 4.64. The van der Waals surface area contributed by atoms with Gasteiger partial charge in [-0.05, 0) is 25.1 Å². The highest BCUT2D eigenvalue weighted by Gasteiger charge is 2.14. The number of hydrogen-bond donors (Lipinski definition) is 2. The summed E-state index contributed by atoms with van der Waals surface area (Å²) in [5.41, 5.74) is 4.89. The second-order valence-corrected chi connectivity index (χ2v) is 5.91. The average molecular weight is 370 g/mol. The van der Waals surface area contributed by atoms with Crippen molar-refractivity contribution < 1.29 is 14.3 Å². The summed E-state index contributed by atoms with van der Waals surface area (Å²) in [5, 5.41) is 8.71. The molecular formula is C14H16ClN5O3S. The smallest absolute Gasteiger partial charge is 0.273 e. The van der Waals surface area contributed by atoms with Crippen molar-refractivity contribution in [2.45, 2.75) is 18.6 Å². The molecule has 10 heteroatoms. The molecule has 0 aliphatic heterocycles. The van der Waals surface area contributed by atoms with Gasteiger partial charge in [-0.1, -0.05) is 23.4 Å². The summed E-state index contributed by atoms with van der Waals surface area (Å²) in [6.07, 6.45) is 1.59. The fraction of sp³-hybridized carbons (Fsp3) is 0.286. The summed E-state index contributed by atoms with van der Waals surface area (Å²) >= 11 is 7.10. The lowest BCUT2D eigenvalue weighted by molar-refractivity contribution is -0.119. The van der Waals surface area contributed by atoms with Crippen molar-refractivity contribution >= 4 is 35.2 Å². The number of hydrazine groups is 1. The summed E-state index contributed by atoms with van der Waals surface area (Å²) < 4.78 is 6.91. The highest BCUT2D eigenvalue weighted by molar-refractivity contribution is 7.99. The van der Waals surface area contributed by atoms with Crippen LogP contribution in [0.25, 0.3) is 0 Å². The van der Waals surface area contributed by atoms with Crippen molar-refractivity contribution in [3.05, 3.63) is 35.1 Å². The van der Waals surface area contributed by atoms with Crippen molar-refractivity contribution in [1.82, 2.24) is 25.6 Å². The molecule has 0 spiro atoms. The highest BCUT2D eigenvalue weighted by atomic mass is 35.5. The third-order valence-corrected chi connectivity index (χ3v) is 4.19. The van der Waals surface area contributed by atoms with Crippen LogP contribution in [0.1, 0.15) is 17.3 Å². The number of amides is 2. The molecule has 128 valence electrons. The van der Waals surface area contributed by atoms with E-state index in [-0.39, 0.29) is 17.2 Å². The molecule has 1 aromatic carbocycles. The third kappa shape index (κ3) is 4.62. The molecule has 0 aliphatic rings. The number of hydrogen-bond acceptors (Lipinski definition) is 6. The lowest BCUT2D eigenvalue weighted by atomic mass is 10.2. The van der Waals surface area contributed by atoms with E-state index >= 15 is 0 Å². The van der Waals surface area contributed by atoms with E-state index in [4.69, 9.17) is 16.3 Å². The molecule has 0 radical (unpaired) electrons. The fourth-order valence-corrected chi connectivity index (χ4v) is 2.74. The molecule has 0 atom stereocenters. The Morgan fingerprint density at radius 2 is 2.17 bits per heavy atom. The van der Waals surface area contributed by atoms with Crippen LogP contribution in [-0.2, 0) is 11.3 Å². The van der Waals surface area contributed by atoms with Gasteiger partial charge in [0.15, 0.2) is 5.16 Å². The number of halogens is 1. The number of nitrogens with zero attached hydrogens (tertiary/aromatic N) is 3. The fourth-order valence-electron chi connectivity index (χ4n) is 1.79. The van der Waals surface area contributed by atoms with Gasteiger partial charge in [0.25, 0.3) is 5.91 Å². The number of nitrogens with one attached hydrogen (secondary N) is 2. The number of thioether (sulfide) groups is 1. The number of rotatable bonds is 6. The Morgan fingerprint density at radius 1 is 1.38 bits per heavy atom. The maximum atomic E-state index is 12.1. The number of benzene rings is 1. The number of aryl methyl sites for hydroxylation is 1. The number of carbonyl (C=O) groups excluding carboxylic acids is 2. The van der Waals surface area contributed by atoms with Gasteiger partial charge in [0.2, 0.25) is 5.91 Å². The van der Waals surface area contributed by atoms with E-state index in [0.29, 0.717) is 22.5 Å². The number of carbonyl (C=O) groups is 2. The first-order valence-electron chi connectivity index (χ1n) is 6.98. The minimum absolute atomic E-state index is 0.0889. The van der Waals surface area contributed by atoms with Crippen LogP contribution in [0.3, 0.4) is 0 Å². The lowest BCUT2D eigenvalue weighted by Gasteiger charge is -2.10. The summed E-state index contributed by atoms with van der Waals surface area (Å²) in [4.78, 5) is 24.0. The van der Waals surface area contributed by atoms with Gasteiger partial charge in [-0.25, -0.2) is 0 Å². The van der Waals surface area contributed by atoms with Gasteiger partial charge in [-0.2, -0.15) is 0 Å². The Morgan fingerprint density at radius 3 is 2.88 bits per heavy atom. The zero-order valence-electron chi connectivity index (χ0n) is 13.1. The van der Waals surface area contributed by atoms with Crippen molar-refractivity contribution in [2.24, 2.45) is 0 Å². The maximum absolute atomic E-state index is 12.1. The van der Waals surface area contributed by atoms with Crippen molar-refractivity contribution in [3.8, 4) is 5.75 Å². The van der Waals surface area contributed by atoms with Gasteiger partial charge in [-0.3, -0.25) is 20.4 Å². The normalized spacial score (nSPS) is 10.3. The minimum atomic E-state index is -0.524. The summed E-state index contributed by atoms with van der Waals surface area (Å²) in [5.74, 6) is -0.452. The van der Waals surface area contributed by atoms with Crippen LogP contribution < -0.4 is 15.6 Å². The Kier molecular flexibility index (Phi) is 6.44. The second kappa shape index (κ2) is 8.55. The number of methoxy groups -OCH3 is 1. The van der Waals surface area contributed by atoms with Gasteiger partial charge >= 0.3 is 0 Å². The van der Waals surface area contributed by atoms with Crippen molar-refractivity contribution in [1.29, 1.82) is 0 Å². The van der Waals surface area contributed by atoms with Gasteiger partial charge < -0.3 is 9.30 Å². The van der Waals surface area contributed by atoms with Gasteiger partial charge in [0.1, 0.15) is 12.1 Å². The Hall–Kier alpha value is -2.26. The maximum Gasteiger partial charge on any atom is 0.273 e. The van der Waals surface area contributed by atoms with E-state index in [1.165, 1.54) is 24.9 Å². The van der Waals surface area contributed by atoms with E-state index in [2.05, 4.69) is 21.0 Å². The second-order valence-electron chi connectivity index (χ2n) is 4.54. The Bertz CT molecular complexity index is 737. The van der Waals surface area contributed by atoms with E-state index in [1.54, 1.807) is 18.5 Å². The Labute approximate surface area is 147 Å². The minimum Gasteiger partial charge on any atom is -0.496 e. The molecule has 0 aliphatic carbocycles. The largest absolute Gasteiger partial charge is 0.496 e. The molecule has 24 heavy (non-hydrogen) atoms. The first-order chi connectivity index (χ1) is 11.5. The van der Waals surface area contributed by atoms with Crippen LogP contribution in [-0.4, -0.2) is 39.4 Å². The van der Waals surface area contributed by atoms with Gasteiger partial charge in [0.05, 0.1) is 18.4 Å². The van der Waals surface area contributed by atoms with Crippen LogP contribution in [0.2, 0.25) is 5.02 Å². The zero-order chi connectivity index (χ0) is 17.5. The molecule has 0 bridgehead atoms. The number of aromatic nitrogens is 3. The van der Waals surface area contributed by atoms with Crippen LogP contribution in [0, 0.1) is 0 Å². The topological polar surface area (TPSA) is 98.1 Å². The molecule has 0 saturated carbocycles. The molecule has 1 heterocycles. The molecule has 1 aromatic heterocycles. The monoisotopic (exact) mass is 369 g/mol. The SMILES string of the molecule is CCn1cnnc1SCC(=O)NNC(=O)c1cc(Cl)ccc1OC. The van der Waals surface area contributed by atoms with Crippen LogP contribution in [0.15, 0.2) is 29.7 Å². The predicted octanol–water partition coefficient (Wildman–Crippen LogP) is 1.51. The van der Waals surface area contributed by atoms with E-state index in [1.807, 2.05) is 11.5 Å². The third-order valence-electron chi connectivity index (χ3n) is 2.97.